The molecule has 1 unspecified atom stereocenters. The van der Waals surface area contributed by atoms with Gasteiger partial charge in [-0.2, -0.15) is 5.10 Å². The predicted octanol–water partition coefficient (Wildman–Crippen LogP) is 5.24. The van der Waals surface area contributed by atoms with Crippen molar-refractivity contribution in [2.24, 2.45) is 0 Å². The van der Waals surface area contributed by atoms with Gasteiger partial charge in [0.25, 0.3) is 5.91 Å². The van der Waals surface area contributed by atoms with Gasteiger partial charge in [-0.3, -0.25) is 9.89 Å². The molecule has 186 valence electrons. The molecule has 0 saturated carbocycles. The summed E-state index contributed by atoms with van der Waals surface area (Å²) in [6, 6.07) is 6.77. The highest BCUT2D eigenvalue weighted by molar-refractivity contribution is 9.10. The average molecular weight is 544 g/mol. The number of amides is 1. The molecular formula is C26H30BrN3O5. The number of phenolic OH excluding ortho intramolecular Hbond substituents is 2. The highest BCUT2D eigenvalue weighted by Crippen LogP contribution is 2.47. The minimum absolute atomic E-state index is 0.0166. The smallest absolute Gasteiger partial charge is 0.273 e. The van der Waals surface area contributed by atoms with Gasteiger partial charge in [0.05, 0.1) is 23.7 Å². The van der Waals surface area contributed by atoms with Crippen LogP contribution in [0.5, 0.6) is 17.2 Å². The summed E-state index contributed by atoms with van der Waals surface area (Å²) in [7, 11) is 1.48. The van der Waals surface area contributed by atoms with E-state index in [2.05, 4.69) is 26.1 Å². The van der Waals surface area contributed by atoms with Crippen LogP contribution in [0.2, 0.25) is 0 Å². The third-order valence-corrected chi connectivity index (χ3v) is 6.75. The number of hydrogen-bond acceptors (Lipinski definition) is 6. The van der Waals surface area contributed by atoms with Crippen molar-refractivity contribution < 1.29 is 24.5 Å². The number of methoxy groups -OCH3 is 1. The summed E-state index contributed by atoms with van der Waals surface area (Å²) in [6.45, 7) is 8.72. The zero-order chi connectivity index (χ0) is 25.4. The Labute approximate surface area is 213 Å². The summed E-state index contributed by atoms with van der Waals surface area (Å²) in [5.74, 6) is 0.222. The first-order chi connectivity index (χ1) is 16.6. The van der Waals surface area contributed by atoms with Crippen LogP contribution in [0.15, 0.2) is 28.7 Å². The Morgan fingerprint density at radius 1 is 1.17 bits per heavy atom. The summed E-state index contributed by atoms with van der Waals surface area (Å²) >= 11 is 3.41. The topological polar surface area (TPSA) is 108 Å². The molecule has 1 atom stereocenters. The molecule has 0 spiro atoms. The zero-order valence-electron chi connectivity index (χ0n) is 20.5. The Bertz CT molecular complexity index is 1270. The number of carbonyl (C=O) groups excluding carboxylic acids is 1. The molecule has 0 radical (unpaired) electrons. The van der Waals surface area contributed by atoms with Gasteiger partial charge in [0.2, 0.25) is 0 Å². The maximum Gasteiger partial charge on any atom is 0.273 e. The lowest BCUT2D eigenvalue weighted by atomic mass is 9.94. The molecule has 0 bridgehead atoms. The molecule has 1 aliphatic heterocycles. The van der Waals surface area contributed by atoms with Crippen molar-refractivity contribution >= 4 is 21.8 Å². The van der Waals surface area contributed by atoms with E-state index in [-0.39, 0.29) is 29.3 Å². The van der Waals surface area contributed by atoms with Gasteiger partial charge in [-0.25, -0.2) is 0 Å². The predicted molar refractivity (Wildman–Crippen MR) is 136 cm³/mol. The number of rotatable bonds is 8. The molecule has 4 rings (SSSR count). The molecule has 1 aromatic heterocycles. The number of phenols is 2. The maximum absolute atomic E-state index is 13.5. The van der Waals surface area contributed by atoms with Gasteiger partial charge in [0.1, 0.15) is 17.1 Å². The normalized spacial score (nSPS) is 15.2. The maximum atomic E-state index is 13.5. The van der Waals surface area contributed by atoms with Crippen molar-refractivity contribution in [2.75, 3.05) is 20.3 Å². The molecule has 0 saturated heterocycles. The first-order valence-corrected chi connectivity index (χ1v) is 12.3. The van der Waals surface area contributed by atoms with Crippen LogP contribution >= 0.6 is 15.9 Å². The SMILES string of the molecule is COc1cc(C2c3c(-c4cc(C)cc(C)c4O)n[nH]c3C(=O)N2CCCOC(C)C)cc(Br)c1O. The van der Waals surface area contributed by atoms with Crippen molar-refractivity contribution in [2.45, 2.75) is 46.3 Å². The lowest BCUT2D eigenvalue weighted by Gasteiger charge is -2.27. The standard InChI is InChI=1S/C26H30BrN3O5/c1-13(2)35-8-6-7-30-23(16-11-18(27)25(32)19(12-16)34-5)20-21(28-29-22(20)26(30)33)17-10-14(3)9-15(4)24(17)31/h9-13,23,31-32H,6-8H2,1-5H3,(H,28,29). The fourth-order valence-corrected chi connectivity index (χ4v) is 5.04. The summed E-state index contributed by atoms with van der Waals surface area (Å²) in [6.07, 6.45) is 0.756. The Morgan fingerprint density at radius 2 is 1.91 bits per heavy atom. The van der Waals surface area contributed by atoms with E-state index >= 15 is 0 Å². The van der Waals surface area contributed by atoms with E-state index in [1.807, 2.05) is 39.8 Å². The van der Waals surface area contributed by atoms with Gasteiger partial charge in [-0.05, 0) is 84.9 Å². The quantitative estimate of drug-likeness (QED) is 0.335. The van der Waals surface area contributed by atoms with E-state index in [9.17, 15) is 15.0 Å². The fourth-order valence-electron chi connectivity index (χ4n) is 4.58. The van der Waals surface area contributed by atoms with E-state index in [0.29, 0.717) is 46.6 Å². The van der Waals surface area contributed by atoms with Crippen molar-refractivity contribution in [3.63, 3.8) is 0 Å². The number of halogens is 1. The van der Waals surface area contributed by atoms with Crippen LogP contribution in [0.25, 0.3) is 11.3 Å². The molecule has 0 fully saturated rings. The minimum Gasteiger partial charge on any atom is -0.507 e. The second kappa shape index (κ2) is 9.91. The van der Waals surface area contributed by atoms with E-state index < -0.39 is 6.04 Å². The molecule has 2 aromatic carbocycles. The van der Waals surface area contributed by atoms with Crippen molar-refractivity contribution in [1.29, 1.82) is 0 Å². The van der Waals surface area contributed by atoms with E-state index in [1.165, 1.54) is 7.11 Å². The second-order valence-electron chi connectivity index (χ2n) is 9.07. The number of nitrogens with one attached hydrogen (secondary N) is 1. The molecule has 8 nitrogen and oxygen atoms in total. The summed E-state index contributed by atoms with van der Waals surface area (Å²) < 4.78 is 11.5. The molecular weight excluding hydrogens is 514 g/mol. The largest absolute Gasteiger partial charge is 0.507 e. The fraction of sp³-hybridized carbons (Fsp3) is 0.385. The van der Waals surface area contributed by atoms with Crippen LogP contribution in [0.4, 0.5) is 0 Å². The van der Waals surface area contributed by atoms with E-state index in [0.717, 1.165) is 16.7 Å². The number of benzene rings is 2. The lowest BCUT2D eigenvalue weighted by Crippen LogP contribution is -2.31. The average Bonchev–Trinajstić information content (AvgIpc) is 3.34. The van der Waals surface area contributed by atoms with Gasteiger partial charge in [0, 0.05) is 24.3 Å². The number of aromatic hydroxyl groups is 2. The molecule has 1 aliphatic rings. The summed E-state index contributed by atoms with van der Waals surface area (Å²) in [5.41, 5.74) is 4.60. The van der Waals surface area contributed by atoms with Crippen molar-refractivity contribution in [1.82, 2.24) is 15.1 Å². The third kappa shape index (κ3) is 4.62. The lowest BCUT2D eigenvalue weighted by molar-refractivity contribution is 0.0601. The van der Waals surface area contributed by atoms with Crippen LogP contribution in [-0.2, 0) is 4.74 Å². The molecule has 35 heavy (non-hydrogen) atoms. The number of hydrogen-bond donors (Lipinski definition) is 3. The van der Waals surface area contributed by atoms with Gasteiger partial charge in [-0.15, -0.1) is 0 Å². The van der Waals surface area contributed by atoms with E-state index in [1.54, 1.807) is 17.0 Å². The van der Waals surface area contributed by atoms with Gasteiger partial charge in [-0.1, -0.05) is 6.07 Å². The Hall–Kier alpha value is -3.04. The Morgan fingerprint density at radius 3 is 2.60 bits per heavy atom. The molecule has 3 N–H and O–H groups in total. The monoisotopic (exact) mass is 543 g/mol. The van der Waals surface area contributed by atoms with Gasteiger partial charge >= 0.3 is 0 Å². The van der Waals surface area contributed by atoms with Crippen molar-refractivity contribution in [3.8, 4) is 28.5 Å². The minimum atomic E-state index is -0.503. The summed E-state index contributed by atoms with van der Waals surface area (Å²) in [4.78, 5) is 15.3. The molecule has 2 heterocycles. The molecule has 1 amide bonds. The van der Waals surface area contributed by atoms with Gasteiger partial charge in [0.15, 0.2) is 11.5 Å². The number of aryl methyl sites for hydroxylation is 2. The number of H-pyrrole nitrogens is 1. The van der Waals surface area contributed by atoms with E-state index in [4.69, 9.17) is 9.47 Å². The highest BCUT2D eigenvalue weighted by atomic mass is 79.9. The first kappa shape index (κ1) is 25.1. The second-order valence-corrected chi connectivity index (χ2v) is 9.92. The Kier molecular flexibility index (Phi) is 7.10. The summed E-state index contributed by atoms with van der Waals surface area (Å²) in [5, 5.41) is 28.6. The number of aromatic amines is 1. The van der Waals surface area contributed by atoms with Crippen LogP contribution in [0.1, 0.15) is 59.1 Å². The number of nitrogens with zero attached hydrogens (tertiary/aromatic N) is 2. The highest BCUT2D eigenvalue weighted by Gasteiger charge is 2.42. The molecule has 0 aliphatic carbocycles. The number of ether oxygens (including phenoxy) is 2. The van der Waals surface area contributed by atoms with Crippen LogP contribution in [0, 0.1) is 13.8 Å². The number of carbonyl (C=O) groups is 1. The van der Waals surface area contributed by atoms with Crippen molar-refractivity contribution in [3.05, 3.63) is 56.7 Å². The number of aromatic nitrogens is 2. The Balaban J connectivity index is 1.86. The number of fused-ring (bicyclic) bond motifs is 1. The first-order valence-electron chi connectivity index (χ1n) is 11.5. The van der Waals surface area contributed by atoms with Crippen LogP contribution in [-0.4, -0.2) is 57.6 Å². The zero-order valence-corrected chi connectivity index (χ0v) is 22.1. The molecule has 9 heteroatoms. The molecule has 3 aromatic rings. The van der Waals surface area contributed by atoms with Gasteiger partial charge < -0.3 is 24.6 Å². The van der Waals surface area contributed by atoms with Crippen LogP contribution in [0.3, 0.4) is 0 Å². The third-order valence-electron chi connectivity index (χ3n) is 6.14. The van der Waals surface area contributed by atoms with Crippen LogP contribution < -0.4 is 4.74 Å².